The Morgan fingerprint density at radius 3 is 2.82 bits per heavy atom. The van der Waals surface area contributed by atoms with Gasteiger partial charge >= 0.3 is 0 Å². The Hall–Kier alpha value is -1.90. The molecule has 1 aliphatic rings. The van der Waals surface area contributed by atoms with Gasteiger partial charge in [-0.2, -0.15) is 0 Å². The number of rotatable bonds is 9. The third-order valence-corrected chi connectivity index (χ3v) is 5.54. The highest BCUT2D eigenvalue weighted by Gasteiger charge is 2.33. The first-order chi connectivity index (χ1) is 13.6. The summed E-state index contributed by atoms with van der Waals surface area (Å²) >= 11 is 1.62. The molecule has 2 unspecified atom stereocenters. The number of benzene rings is 1. The SMILES string of the molecule is CSc1nnc(CCCNC(=O)C2CNNC2c2ccccc2)n1CC(C)C. The molecule has 3 rings (SSSR count). The Bertz CT molecular complexity index is 763. The van der Waals surface area contributed by atoms with Crippen LogP contribution < -0.4 is 16.2 Å². The number of hydrazine groups is 1. The number of nitrogens with zero attached hydrogens (tertiary/aromatic N) is 3. The second kappa shape index (κ2) is 10.0. The van der Waals surface area contributed by atoms with Gasteiger partial charge in [-0.15, -0.1) is 10.2 Å². The van der Waals surface area contributed by atoms with Crippen LogP contribution in [0.4, 0.5) is 0 Å². The zero-order chi connectivity index (χ0) is 19.9. The number of amides is 1. The van der Waals surface area contributed by atoms with Gasteiger partial charge in [-0.3, -0.25) is 10.2 Å². The van der Waals surface area contributed by atoms with Gasteiger partial charge in [-0.05, 0) is 24.2 Å². The number of nitrogens with one attached hydrogen (secondary N) is 3. The first-order valence-corrected chi connectivity index (χ1v) is 11.1. The number of aryl methyl sites for hydroxylation is 1. The summed E-state index contributed by atoms with van der Waals surface area (Å²) in [4.78, 5) is 12.7. The van der Waals surface area contributed by atoms with Gasteiger partial charge in [-0.1, -0.05) is 55.9 Å². The molecule has 0 saturated carbocycles. The summed E-state index contributed by atoms with van der Waals surface area (Å²) in [5, 5.41) is 12.7. The fourth-order valence-electron chi connectivity index (χ4n) is 3.51. The van der Waals surface area contributed by atoms with Crippen LogP contribution in [0.1, 0.15) is 37.7 Å². The maximum atomic E-state index is 12.7. The van der Waals surface area contributed by atoms with Crippen molar-refractivity contribution in [1.29, 1.82) is 0 Å². The van der Waals surface area contributed by atoms with E-state index in [1.807, 2.05) is 24.5 Å². The molecule has 3 N–H and O–H groups in total. The lowest BCUT2D eigenvalue weighted by atomic mass is 9.94. The van der Waals surface area contributed by atoms with Gasteiger partial charge in [0.25, 0.3) is 0 Å². The summed E-state index contributed by atoms with van der Waals surface area (Å²) in [6.07, 6.45) is 3.68. The van der Waals surface area contributed by atoms with Crippen LogP contribution in [-0.2, 0) is 17.8 Å². The predicted molar refractivity (Wildman–Crippen MR) is 112 cm³/mol. The minimum atomic E-state index is -0.116. The zero-order valence-electron chi connectivity index (χ0n) is 16.8. The van der Waals surface area contributed by atoms with Crippen LogP contribution in [-0.4, -0.2) is 40.0 Å². The summed E-state index contributed by atoms with van der Waals surface area (Å²) in [7, 11) is 0. The Balaban J connectivity index is 1.50. The number of hydrogen-bond donors (Lipinski definition) is 3. The number of carbonyl (C=O) groups is 1. The van der Waals surface area contributed by atoms with Crippen LogP contribution in [0.5, 0.6) is 0 Å². The van der Waals surface area contributed by atoms with E-state index in [2.05, 4.69) is 56.9 Å². The average molecular weight is 403 g/mol. The third-order valence-electron chi connectivity index (χ3n) is 4.88. The molecule has 8 heteroatoms. The molecule has 1 fully saturated rings. The molecule has 1 aromatic heterocycles. The molecule has 0 bridgehead atoms. The fraction of sp³-hybridized carbons (Fsp3) is 0.550. The van der Waals surface area contributed by atoms with E-state index in [0.29, 0.717) is 19.0 Å². The molecule has 2 aromatic rings. The number of thioether (sulfide) groups is 1. The summed E-state index contributed by atoms with van der Waals surface area (Å²) in [6.45, 7) is 6.58. The van der Waals surface area contributed by atoms with E-state index in [1.54, 1.807) is 11.8 Å². The van der Waals surface area contributed by atoms with E-state index in [9.17, 15) is 4.79 Å². The predicted octanol–water partition coefficient (Wildman–Crippen LogP) is 2.17. The first-order valence-electron chi connectivity index (χ1n) is 9.87. The molecule has 1 aromatic carbocycles. The highest BCUT2D eigenvalue weighted by molar-refractivity contribution is 7.98. The quantitative estimate of drug-likeness (QED) is 0.440. The van der Waals surface area contributed by atoms with Crippen molar-refractivity contribution in [3.05, 3.63) is 41.7 Å². The minimum absolute atomic E-state index is 0.000484. The summed E-state index contributed by atoms with van der Waals surface area (Å²) in [6, 6.07) is 10.1. The monoisotopic (exact) mass is 402 g/mol. The Labute approximate surface area is 171 Å². The Morgan fingerprint density at radius 1 is 1.32 bits per heavy atom. The molecule has 7 nitrogen and oxygen atoms in total. The summed E-state index contributed by atoms with van der Waals surface area (Å²) in [5.74, 6) is 1.51. The van der Waals surface area contributed by atoms with Gasteiger partial charge in [0.15, 0.2) is 5.16 Å². The smallest absolute Gasteiger partial charge is 0.226 e. The van der Waals surface area contributed by atoms with Crippen molar-refractivity contribution in [1.82, 2.24) is 30.9 Å². The topological polar surface area (TPSA) is 83.9 Å². The molecule has 2 heterocycles. The third kappa shape index (κ3) is 5.12. The van der Waals surface area contributed by atoms with Gasteiger partial charge in [0, 0.05) is 26.1 Å². The van der Waals surface area contributed by atoms with E-state index in [4.69, 9.17) is 0 Å². The summed E-state index contributed by atoms with van der Waals surface area (Å²) in [5.41, 5.74) is 7.46. The van der Waals surface area contributed by atoms with Crippen LogP contribution in [0.15, 0.2) is 35.5 Å². The van der Waals surface area contributed by atoms with Crippen molar-refractivity contribution >= 4 is 17.7 Å². The molecule has 0 spiro atoms. The van der Waals surface area contributed by atoms with Crippen molar-refractivity contribution in [2.75, 3.05) is 19.3 Å². The Morgan fingerprint density at radius 2 is 2.11 bits per heavy atom. The van der Waals surface area contributed by atoms with Crippen molar-refractivity contribution in [2.24, 2.45) is 11.8 Å². The normalized spacial score (nSPS) is 19.3. The van der Waals surface area contributed by atoms with Gasteiger partial charge < -0.3 is 9.88 Å². The first kappa shape index (κ1) is 20.8. The lowest BCUT2D eigenvalue weighted by Gasteiger charge is -2.18. The molecule has 1 aliphatic heterocycles. The molecular weight excluding hydrogens is 372 g/mol. The van der Waals surface area contributed by atoms with Gasteiger partial charge in [0.05, 0.1) is 12.0 Å². The molecule has 1 saturated heterocycles. The number of carbonyl (C=O) groups excluding carboxylic acids is 1. The van der Waals surface area contributed by atoms with Crippen molar-refractivity contribution < 1.29 is 4.79 Å². The lowest BCUT2D eigenvalue weighted by molar-refractivity contribution is -0.124. The zero-order valence-corrected chi connectivity index (χ0v) is 17.6. The van der Waals surface area contributed by atoms with Crippen LogP contribution in [0.25, 0.3) is 0 Å². The Kier molecular flexibility index (Phi) is 7.47. The fourth-order valence-corrected chi connectivity index (χ4v) is 4.03. The molecule has 1 amide bonds. The minimum Gasteiger partial charge on any atom is -0.356 e. The molecule has 0 radical (unpaired) electrons. The highest BCUT2D eigenvalue weighted by atomic mass is 32.2. The largest absolute Gasteiger partial charge is 0.356 e. The maximum absolute atomic E-state index is 12.7. The highest BCUT2D eigenvalue weighted by Crippen LogP contribution is 2.24. The van der Waals surface area contributed by atoms with Crippen molar-refractivity contribution in [3.63, 3.8) is 0 Å². The van der Waals surface area contributed by atoms with Crippen LogP contribution >= 0.6 is 11.8 Å². The van der Waals surface area contributed by atoms with Crippen LogP contribution in [0.2, 0.25) is 0 Å². The summed E-state index contributed by atoms with van der Waals surface area (Å²) < 4.78 is 2.20. The van der Waals surface area contributed by atoms with Crippen LogP contribution in [0, 0.1) is 11.8 Å². The standard InChI is InChI=1S/C20H30N6OS/c1-14(2)13-26-17(23-25-20(26)28-3)10-7-11-21-19(27)16-12-22-24-18(16)15-8-5-4-6-9-15/h4-6,8-9,14,16,18,22,24H,7,10-13H2,1-3H3,(H,21,27). The second-order valence-electron chi connectivity index (χ2n) is 7.52. The molecular formula is C20H30N6OS. The number of hydrogen-bond acceptors (Lipinski definition) is 6. The van der Waals surface area contributed by atoms with Crippen molar-refractivity contribution in [3.8, 4) is 0 Å². The molecule has 28 heavy (non-hydrogen) atoms. The molecule has 2 atom stereocenters. The van der Waals surface area contributed by atoms with Crippen LogP contribution in [0.3, 0.4) is 0 Å². The molecule has 0 aliphatic carbocycles. The lowest BCUT2D eigenvalue weighted by Crippen LogP contribution is -2.35. The van der Waals surface area contributed by atoms with Gasteiger partial charge in [0.1, 0.15) is 5.82 Å². The maximum Gasteiger partial charge on any atom is 0.226 e. The molecule has 152 valence electrons. The second-order valence-corrected chi connectivity index (χ2v) is 8.30. The van der Waals surface area contributed by atoms with E-state index in [1.165, 1.54) is 0 Å². The average Bonchev–Trinajstić information content (AvgIpc) is 3.33. The van der Waals surface area contributed by atoms with Gasteiger partial charge in [0.2, 0.25) is 5.91 Å². The van der Waals surface area contributed by atoms with Gasteiger partial charge in [-0.25, -0.2) is 5.43 Å². The van der Waals surface area contributed by atoms with E-state index < -0.39 is 0 Å². The van der Waals surface area contributed by atoms with E-state index in [-0.39, 0.29) is 17.9 Å². The number of aromatic nitrogens is 3. The van der Waals surface area contributed by atoms with Crippen molar-refractivity contribution in [2.45, 2.75) is 44.4 Å². The van der Waals surface area contributed by atoms with E-state index >= 15 is 0 Å². The van der Waals surface area contributed by atoms with E-state index in [0.717, 1.165) is 35.9 Å².